The number of guanidine groups is 1. The number of benzene rings is 1. The summed E-state index contributed by atoms with van der Waals surface area (Å²) < 4.78 is 13.8. The Morgan fingerprint density at radius 3 is 2.79 bits per heavy atom. The van der Waals surface area contributed by atoms with Crippen molar-refractivity contribution in [2.24, 2.45) is 4.99 Å². The Morgan fingerprint density at radius 2 is 2.21 bits per heavy atom. The number of aliphatic hydroxyl groups excluding tert-OH is 1. The van der Waals surface area contributed by atoms with Crippen LogP contribution in [0.5, 0.6) is 0 Å². The SMILES string of the molecule is CCNC(=NCc1ccc(F)c(CN(C)C)c1)N1CC[C@@H](O)C1.I. The minimum absolute atomic E-state index is 0. The van der Waals surface area contributed by atoms with Crippen LogP contribution in [0, 0.1) is 5.82 Å². The molecule has 1 aromatic carbocycles. The van der Waals surface area contributed by atoms with E-state index in [9.17, 15) is 9.50 Å². The van der Waals surface area contributed by atoms with Gasteiger partial charge < -0.3 is 20.2 Å². The number of nitrogens with one attached hydrogen (secondary N) is 1. The van der Waals surface area contributed by atoms with E-state index in [1.54, 1.807) is 6.07 Å². The van der Waals surface area contributed by atoms with E-state index in [-0.39, 0.29) is 35.9 Å². The fourth-order valence-electron chi connectivity index (χ4n) is 2.71. The van der Waals surface area contributed by atoms with Crippen LogP contribution >= 0.6 is 24.0 Å². The lowest BCUT2D eigenvalue weighted by Gasteiger charge is -2.21. The normalized spacial score (nSPS) is 18.0. The van der Waals surface area contributed by atoms with Crippen LogP contribution in [0.4, 0.5) is 4.39 Å². The van der Waals surface area contributed by atoms with Crippen LogP contribution in [-0.4, -0.2) is 60.7 Å². The zero-order valence-corrected chi connectivity index (χ0v) is 17.0. The molecule has 7 heteroatoms. The Hall–Kier alpha value is -0.930. The molecule has 1 aliphatic rings. The molecule has 0 unspecified atom stereocenters. The van der Waals surface area contributed by atoms with E-state index in [0.29, 0.717) is 25.2 Å². The lowest BCUT2D eigenvalue weighted by molar-refractivity contribution is 0.188. The number of rotatable bonds is 5. The number of aliphatic imine (C=N–C) groups is 1. The van der Waals surface area contributed by atoms with Gasteiger partial charge >= 0.3 is 0 Å². The topological polar surface area (TPSA) is 51.1 Å². The summed E-state index contributed by atoms with van der Waals surface area (Å²) in [4.78, 5) is 8.65. The lowest BCUT2D eigenvalue weighted by atomic mass is 10.1. The molecule has 24 heavy (non-hydrogen) atoms. The van der Waals surface area contributed by atoms with Gasteiger partial charge in [0.15, 0.2) is 5.96 Å². The standard InChI is InChI=1S/C17H27FN4O.HI/c1-4-19-17(22-8-7-15(23)12-22)20-10-13-5-6-16(18)14(9-13)11-21(2)3;/h5-6,9,15,23H,4,7-8,10-12H2,1-3H3,(H,19,20);1H/t15-;/m1./s1. The van der Waals surface area contributed by atoms with Crippen molar-refractivity contribution in [3.05, 3.63) is 35.1 Å². The predicted octanol–water partition coefficient (Wildman–Crippen LogP) is 2.04. The summed E-state index contributed by atoms with van der Waals surface area (Å²) in [6, 6.07) is 5.16. The third kappa shape index (κ3) is 6.18. The van der Waals surface area contributed by atoms with Crippen LogP contribution in [0.15, 0.2) is 23.2 Å². The smallest absolute Gasteiger partial charge is 0.194 e. The minimum Gasteiger partial charge on any atom is -0.391 e. The van der Waals surface area contributed by atoms with E-state index in [0.717, 1.165) is 31.0 Å². The number of aliphatic hydroxyl groups is 1. The summed E-state index contributed by atoms with van der Waals surface area (Å²) in [6.45, 7) is 5.29. The van der Waals surface area contributed by atoms with Gasteiger partial charge in [-0.1, -0.05) is 6.07 Å². The van der Waals surface area contributed by atoms with Gasteiger partial charge in [-0.05, 0) is 45.1 Å². The van der Waals surface area contributed by atoms with Gasteiger partial charge in [0.2, 0.25) is 0 Å². The van der Waals surface area contributed by atoms with Gasteiger partial charge in [0, 0.05) is 31.7 Å². The molecule has 0 saturated carbocycles. The molecule has 1 aromatic rings. The quantitative estimate of drug-likeness (QED) is 0.410. The second-order valence-corrected chi connectivity index (χ2v) is 6.22. The maximum absolute atomic E-state index is 13.8. The second-order valence-electron chi connectivity index (χ2n) is 6.22. The highest BCUT2D eigenvalue weighted by molar-refractivity contribution is 14.0. The fourth-order valence-corrected chi connectivity index (χ4v) is 2.71. The third-order valence-corrected chi connectivity index (χ3v) is 3.81. The summed E-state index contributed by atoms with van der Waals surface area (Å²) in [6.07, 6.45) is 0.491. The molecular weight excluding hydrogens is 422 g/mol. The van der Waals surface area contributed by atoms with Crippen molar-refractivity contribution in [1.29, 1.82) is 0 Å². The van der Waals surface area contributed by atoms with Gasteiger partial charge in [0.25, 0.3) is 0 Å². The molecule has 2 N–H and O–H groups in total. The van der Waals surface area contributed by atoms with Crippen LogP contribution in [0.2, 0.25) is 0 Å². The minimum atomic E-state index is -0.281. The zero-order valence-electron chi connectivity index (χ0n) is 14.6. The van der Waals surface area contributed by atoms with Gasteiger partial charge in [-0.3, -0.25) is 0 Å². The zero-order chi connectivity index (χ0) is 16.8. The number of halogens is 2. The van der Waals surface area contributed by atoms with Gasteiger partial charge in [0.05, 0.1) is 12.6 Å². The van der Waals surface area contributed by atoms with E-state index in [4.69, 9.17) is 0 Å². The molecule has 1 fully saturated rings. The van der Waals surface area contributed by atoms with E-state index in [1.807, 2.05) is 32.0 Å². The summed E-state index contributed by atoms with van der Waals surface area (Å²) in [5.41, 5.74) is 1.67. The Morgan fingerprint density at radius 1 is 1.46 bits per heavy atom. The first-order chi connectivity index (χ1) is 11.0. The molecule has 1 atom stereocenters. The molecule has 0 aromatic heterocycles. The molecule has 0 radical (unpaired) electrons. The van der Waals surface area contributed by atoms with Gasteiger partial charge in [-0.25, -0.2) is 9.38 Å². The average Bonchev–Trinajstić information content (AvgIpc) is 2.92. The van der Waals surface area contributed by atoms with Crippen LogP contribution < -0.4 is 5.32 Å². The van der Waals surface area contributed by atoms with E-state index in [1.165, 1.54) is 6.07 Å². The number of β-amino-alcohol motifs (C(OH)–C–C–N with tert-alkyl or cyclic N) is 1. The molecule has 2 rings (SSSR count). The van der Waals surface area contributed by atoms with Crippen LogP contribution in [0.1, 0.15) is 24.5 Å². The maximum Gasteiger partial charge on any atom is 0.194 e. The molecule has 0 spiro atoms. The van der Waals surface area contributed by atoms with Gasteiger partial charge in [-0.15, -0.1) is 24.0 Å². The first-order valence-electron chi connectivity index (χ1n) is 8.13. The first kappa shape index (κ1) is 21.1. The molecule has 1 heterocycles. The molecule has 0 bridgehead atoms. The van der Waals surface area contributed by atoms with Crippen molar-refractivity contribution in [2.75, 3.05) is 33.7 Å². The molecular formula is C17H28FIN4O. The Kier molecular flexibility index (Phi) is 8.93. The highest BCUT2D eigenvalue weighted by Crippen LogP contribution is 2.14. The second kappa shape index (κ2) is 10.1. The van der Waals surface area contributed by atoms with Gasteiger partial charge in [-0.2, -0.15) is 0 Å². The molecule has 1 aliphatic heterocycles. The van der Waals surface area contributed by atoms with E-state index in [2.05, 4.69) is 15.2 Å². The highest BCUT2D eigenvalue weighted by atomic mass is 127. The van der Waals surface area contributed by atoms with Crippen molar-refractivity contribution >= 4 is 29.9 Å². The van der Waals surface area contributed by atoms with Crippen molar-refractivity contribution < 1.29 is 9.50 Å². The number of hydrogen-bond acceptors (Lipinski definition) is 3. The van der Waals surface area contributed by atoms with Crippen molar-refractivity contribution in [1.82, 2.24) is 15.1 Å². The van der Waals surface area contributed by atoms with Crippen molar-refractivity contribution in [2.45, 2.75) is 32.5 Å². The molecule has 5 nitrogen and oxygen atoms in total. The first-order valence-corrected chi connectivity index (χ1v) is 8.13. The van der Waals surface area contributed by atoms with Crippen LogP contribution in [-0.2, 0) is 13.1 Å². The van der Waals surface area contributed by atoms with Gasteiger partial charge in [0.1, 0.15) is 5.82 Å². The Bertz CT molecular complexity index is 553. The summed E-state index contributed by atoms with van der Waals surface area (Å²) in [7, 11) is 3.85. The van der Waals surface area contributed by atoms with Crippen LogP contribution in [0.25, 0.3) is 0 Å². The Balaban J connectivity index is 0.00000288. The summed E-state index contributed by atoms with van der Waals surface area (Å²) in [5.74, 6) is 0.628. The van der Waals surface area contributed by atoms with E-state index >= 15 is 0 Å². The number of likely N-dealkylation sites (tertiary alicyclic amines) is 1. The fraction of sp³-hybridized carbons (Fsp3) is 0.588. The van der Waals surface area contributed by atoms with Crippen molar-refractivity contribution in [3.8, 4) is 0 Å². The largest absolute Gasteiger partial charge is 0.391 e. The Labute approximate surface area is 161 Å². The summed E-state index contributed by atoms with van der Waals surface area (Å²) >= 11 is 0. The molecule has 136 valence electrons. The molecule has 1 saturated heterocycles. The predicted molar refractivity (Wildman–Crippen MR) is 106 cm³/mol. The maximum atomic E-state index is 13.8. The molecule has 0 aliphatic carbocycles. The van der Waals surface area contributed by atoms with E-state index < -0.39 is 0 Å². The monoisotopic (exact) mass is 450 g/mol. The number of nitrogens with zero attached hydrogens (tertiary/aromatic N) is 3. The number of hydrogen-bond donors (Lipinski definition) is 2. The third-order valence-electron chi connectivity index (χ3n) is 3.81. The molecule has 0 amide bonds. The average molecular weight is 450 g/mol. The van der Waals surface area contributed by atoms with Crippen LogP contribution in [0.3, 0.4) is 0 Å². The summed E-state index contributed by atoms with van der Waals surface area (Å²) in [5, 5.41) is 12.9. The van der Waals surface area contributed by atoms with Crippen molar-refractivity contribution in [3.63, 3.8) is 0 Å². The lowest BCUT2D eigenvalue weighted by Crippen LogP contribution is -2.40. The highest BCUT2D eigenvalue weighted by Gasteiger charge is 2.22.